The van der Waals surface area contributed by atoms with E-state index in [1.165, 1.54) is 11.8 Å². The van der Waals surface area contributed by atoms with E-state index in [9.17, 15) is 13.2 Å². The molecule has 4 rings (SSSR count). The highest BCUT2D eigenvalue weighted by molar-refractivity contribution is 8.16. The number of carbonyl (C=O) groups excluding carboxylic acids is 1. The van der Waals surface area contributed by atoms with Crippen LogP contribution in [0.1, 0.15) is 16.7 Å². The first kappa shape index (κ1) is 20.9. The molecule has 2 aromatic rings. The molecule has 2 saturated heterocycles. The van der Waals surface area contributed by atoms with Gasteiger partial charge in [0.15, 0.2) is 15.0 Å². The molecule has 2 atom stereocenters. The Morgan fingerprint density at radius 3 is 2.73 bits per heavy atom. The van der Waals surface area contributed by atoms with Gasteiger partial charge in [0.1, 0.15) is 5.75 Å². The van der Waals surface area contributed by atoms with Gasteiger partial charge < -0.3 is 9.64 Å². The second-order valence-electron chi connectivity index (χ2n) is 7.74. The monoisotopic (exact) mass is 444 g/mol. The topological polar surface area (TPSA) is 76.0 Å². The Hall–Kier alpha value is -2.32. The van der Waals surface area contributed by atoms with Gasteiger partial charge in [-0.3, -0.25) is 4.79 Å². The second kappa shape index (κ2) is 8.07. The summed E-state index contributed by atoms with van der Waals surface area (Å²) in [5, 5.41) is 0.459. The minimum Gasteiger partial charge on any atom is -0.496 e. The number of ether oxygens (including phenoxy) is 1. The molecule has 0 aromatic heterocycles. The first-order chi connectivity index (χ1) is 14.3. The van der Waals surface area contributed by atoms with Crippen molar-refractivity contribution in [2.24, 2.45) is 4.99 Å². The van der Waals surface area contributed by atoms with Gasteiger partial charge in [-0.15, -0.1) is 0 Å². The molecule has 6 nitrogen and oxygen atoms in total. The molecule has 0 bridgehead atoms. The van der Waals surface area contributed by atoms with E-state index in [1.54, 1.807) is 7.11 Å². The van der Waals surface area contributed by atoms with Crippen molar-refractivity contribution in [2.75, 3.05) is 23.5 Å². The van der Waals surface area contributed by atoms with Crippen LogP contribution in [0.2, 0.25) is 0 Å². The number of methoxy groups -OCH3 is 1. The number of amidine groups is 1. The third-order valence-electron chi connectivity index (χ3n) is 5.45. The molecule has 0 radical (unpaired) electrons. The highest BCUT2D eigenvalue weighted by Gasteiger charge is 2.49. The predicted molar refractivity (Wildman–Crippen MR) is 121 cm³/mol. The van der Waals surface area contributed by atoms with E-state index in [4.69, 9.17) is 4.74 Å². The van der Waals surface area contributed by atoms with Gasteiger partial charge in [0.05, 0.1) is 31.1 Å². The number of fused-ring (bicyclic) bond motifs is 1. The molecule has 1 amide bonds. The molecular formula is C22H24N2O4S2. The summed E-state index contributed by atoms with van der Waals surface area (Å²) in [4.78, 5) is 19.2. The number of nitrogens with zero attached hydrogens (tertiary/aromatic N) is 2. The van der Waals surface area contributed by atoms with E-state index >= 15 is 0 Å². The van der Waals surface area contributed by atoms with Crippen LogP contribution in [0.3, 0.4) is 0 Å². The largest absolute Gasteiger partial charge is 0.496 e. The van der Waals surface area contributed by atoms with E-state index in [-0.39, 0.29) is 35.1 Å². The van der Waals surface area contributed by atoms with Crippen molar-refractivity contribution in [3.8, 4) is 5.75 Å². The lowest BCUT2D eigenvalue weighted by atomic mass is 10.1. The number of amides is 1. The molecule has 8 heteroatoms. The maximum absolute atomic E-state index is 12.8. The van der Waals surface area contributed by atoms with Crippen LogP contribution >= 0.6 is 11.8 Å². The molecule has 0 spiro atoms. The zero-order valence-corrected chi connectivity index (χ0v) is 18.8. The number of hydrogen-bond donors (Lipinski definition) is 0. The first-order valence-electron chi connectivity index (χ1n) is 9.74. The number of sulfone groups is 1. The van der Waals surface area contributed by atoms with E-state index < -0.39 is 9.84 Å². The van der Waals surface area contributed by atoms with E-state index in [0.717, 1.165) is 22.4 Å². The SMILES string of the molecule is COc1ccccc1CC(=O)N=C1SC2CS(=O)(=O)CC2N1c1cc(C)ccc1C. The molecule has 2 unspecified atom stereocenters. The van der Waals surface area contributed by atoms with Gasteiger partial charge in [-0.25, -0.2) is 8.42 Å². The van der Waals surface area contributed by atoms with Gasteiger partial charge in [0.25, 0.3) is 5.91 Å². The highest BCUT2D eigenvalue weighted by atomic mass is 32.2. The summed E-state index contributed by atoms with van der Waals surface area (Å²) in [6.45, 7) is 3.99. The van der Waals surface area contributed by atoms with Crippen molar-refractivity contribution in [3.63, 3.8) is 0 Å². The Kier molecular flexibility index (Phi) is 5.63. The van der Waals surface area contributed by atoms with Crippen molar-refractivity contribution in [1.82, 2.24) is 0 Å². The number of hydrogen-bond acceptors (Lipinski definition) is 5. The summed E-state index contributed by atoms with van der Waals surface area (Å²) in [5.41, 5.74) is 3.79. The molecule has 158 valence electrons. The van der Waals surface area contributed by atoms with Crippen molar-refractivity contribution < 1.29 is 17.9 Å². The Labute approximate surface area is 181 Å². The zero-order valence-electron chi connectivity index (χ0n) is 17.2. The first-order valence-corrected chi connectivity index (χ1v) is 12.4. The van der Waals surface area contributed by atoms with Crippen molar-refractivity contribution >= 4 is 38.4 Å². The van der Waals surface area contributed by atoms with Crippen LogP contribution in [0, 0.1) is 13.8 Å². The lowest BCUT2D eigenvalue weighted by Gasteiger charge is -2.26. The molecule has 0 N–H and O–H groups in total. The Morgan fingerprint density at radius 1 is 1.20 bits per heavy atom. The van der Waals surface area contributed by atoms with Crippen molar-refractivity contribution in [1.29, 1.82) is 0 Å². The van der Waals surface area contributed by atoms with E-state index in [1.807, 2.05) is 61.2 Å². The van der Waals surface area contributed by atoms with E-state index in [0.29, 0.717) is 10.9 Å². The number of anilines is 1. The van der Waals surface area contributed by atoms with Crippen LogP contribution in [0.4, 0.5) is 5.69 Å². The molecule has 2 aromatic carbocycles. The number of thioether (sulfide) groups is 1. The van der Waals surface area contributed by atoms with Crippen LogP contribution < -0.4 is 9.64 Å². The summed E-state index contributed by atoms with van der Waals surface area (Å²) in [6, 6.07) is 13.2. The van der Waals surface area contributed by atoms with Crippen LogP contribution in [0.5, 0.6) is 5.75 Å². The zero-order chi connectivity index (χ0) is 21.5. The molecule has 2 heterocycles. The minimum atomic E-state index is -3.10. The fraction of sp³-hybridized carbons (Fsp3) is 0.364. The number of aryl methyl sites for hydroxylation is 2. The molecule has 0 aliphatic carbocycles. The number of aliphatic imine (C=N–C) groups is 1. The highest BCUT2D eigenvalue weighted by Crippen LogP contribution is 2.42. The van der Waals surface area contributed by atoms with Gasteiger partial charge in [0, 0.05) is 16.5 Å². The summed E-state index contributed by atoms with van der Waals surface area (Å²) < 4.78 is 29.8. The quantitative estimate of drug-likeness (QED) is 0.721. The minimum absolute atomic E-state index is 0.0811. The molecule has 2 fully saturated rings. The maximum Gasteiger partial charge on any atom is 0.252 e. The standard InChI is InChI=1S/C22H24N2O4S2/c1-14-8-9-15(2)17(10-14)24-18-12-30(26,27)13-20(18)29-22(24)23-21(25)11-16-6-4-5-7-19(16)28-3/h4-10,18,20H,11-13H2,1-3H3. The average molecular weight is 445 g/mol. The van der Waals surface area contributed by atoms with Gasteiger partial charge >= 0.3 is 0 Å². The molecule has 2 aliphatic rings. The summed E-state index contributed by atoms with van der Waals surface area (Å²) >= 11 is 1.39. The smallest absolute Gasteiger partial charge is 0.252 e. The predicted octanol–water partition coefficient (Wildman–Crippen LogP) is 3.16. The fourth-order valence-electron chi connectivity index (χ4n) is 3.98. The summed E-state index contributed by atoms with van der Waals surface area (Å²) in [5.74, 6) is 0.570. The Balaban J connectivity index is 1.69. The third-order valence-corrected chi connectivity index (χ3v) is 8.66. The molecule has 0 saturated carbocycles. The van der Waals surface area contributed by atoms with Crippen LogP contribution in [0.25, 0.3) is 0 Å². The number of rotatable bonds is 4. The number of benzene rings is 2. The van der Waals surface area contributed by atoms with Crippen LogP contribution in [-0.2, 0) is 21.1 Å². The molecular weight excluding hydrogens is 420 g/mol. The third kappa shape index (κ3) is 4.11. The van der Waals surface area contributed by atoms with Crippen LogP contribution in [0.15, 0.2) is 47.5 Å². The lowest BCUT2D eigenvalue weighted by molar-refractivity contribution is -0.117. The lowest BCUT2D eigenvalue weighted by Crippen LogP contribution is -2.38. The van der Waals surface area contributed by atoms with Crippen LogP contribution in [-0.4, -0.2) is 49.4 Å². The van der Waals surface area contributed by atoms with Crippen molar-refractivity contribution in [2.45, 2.75) is 31.6 Å². The Morgan fingerprint density at radius 2 is 1.97 bits per heavy atom. The van der Waals surface area contributed by atoms with Gasteiger partial charge in [-0.1, -0.05) is 42.1 Å². The van der Waals surface area contributed by atoms with Gasteiger partial charge in [-0.2, -0.15) is 4.99 Å². The number of para-hydroxylation sites is 1. The second-order valence-corrected chi connectivity index (χ2v) is 11.1. The number of carbonyl (C=O) groups is 1. The maximum atomic E-state index is 12.8. The summed E-state index contributed by atoms with van der Waals surface area (Å²) in [6.07, 6.45) is 0.127. The summed E-state index contributed by atoms with van der Waals surface area (Å²) in [7, 11) is -1.52. The average Bonchev–Trinajstić information content (AvgIpc) is 3.15. The van der Waals surface area contributed by atoms with Crippen molar-refractivity contribution in [3.05, 3.63) is 59.2 Å². The van der Waals surface area contributed by atoms with Gasteiger partial charge in [-0.05, 0) is 37.1 Å². The normalized spacial score (nSPS) is 23.6. The molecule has 2 aliphatic heterocycles. The fourth-order valence-corrected chi connectivity index (χ4v) is 7.91. The van der Waals surface area contributed by atoms with Gasteiger partial charge in [0.2, 0.25) is 0 Å². The van der Waals surface area contributed by atoms with E-state index in [2.05, 4.69) is 4.99 Å². The molecule has 30 heavy (non-hydrogen) atoms. The Bertz CT molecular complexity index is 1130.